The summed E-state index contributed by atoms with van der Waals surface area (Å²) in [4.78, 5) is 0.177. The van der Waals surface area contributed by atoms with Crippen LogP contribution in [0.2, 0.25) is 0 Å². The Kier molecular flexibility index (Phi) is 3.49. The van der Waals surface area contributed by atoms with Gasteiger partial charge in [0.25, 0.3) is 0 Å². The summed E-state index contributed by atoms with van der Waals surface area (Å²) in [6.45, 7) is 3.22. The van der Waals surface area contributed by atoms with Gasteiger partial charge in [0.15, 0.2) is 0 Å². The monoisotopic (exact) mass is 257 g/mol. The summed E-state index contributed by atoms with van der Waals surface area (Å²) in [5, 5.41) is 0. The molecule has 0 saturated carbocycles. The van der Waals surface area contributed by atoms with Gasteiger partial charge in [-0.15, -0.1) is 0 Å². The highest BCUT2D eigenvalue weighted by molar-refractivity contribution is 7.89. The van der Waals surface area contributed by atoms with Crippen molar-refractivity contribution in [2.24, 2.45) is 5.92 Å². The Balaban J connectivity index is 2.22. The molecule has 0 amide bonds. The third-order valence-corrected chi connectivity index (χ3v) is 5.16. The Hall–Kier alpha value is -0.940. The minimum absolute atomic E-state index is 0.177. The fraction of sp³-hybridized carbons (Fsp3) is 0.500. The zero-order valence-corrected chi connectivity index (χ0v) is 10.6. The highest BCUT2D eigenvalue weighted by Crippen LogP contribution is 2.25. The van der Waals surface area contributed by atoms with E-state index in [0.717, 1.165) is 12.8 Å². The summed E-state index contributed by atoms with van der Waals surface area (Å²) in [5.41, 5.74) is 0. The highest BCUT2D eigenvalue weighted by Gasteiger charge is 2.31. The van der Waals surface area contributed by atoms with E-state index in [2.05, 4.69) is 6.92 Å². The molecule has 0 aliphatic carbocycles. The fourth-order valence-corrected chi connectivity index (χ4v) is 3.64. The molecule has 94 valence electrons. The van der Waals surface area contributed by atoms with Gasteiger partial charge in [0.2, 0.25) is 10.0 Å². The van der Waals surface area contributed by atoms with E-state index in [0.29, 0.717) is 19.0 Å². The molecule has 3 nitrogen and oxygen atoms in total. The van der Waals surface area contributed by atoms with Crippen LogP contribution in [0, 0.1) is 11.7 Å². The topological polar surface area (TPSA) is 37.4 Å². The highest BCUT2D eigenvalue weighted by atomic mass is 32.2. The third-order valence-electron chi connectivity index (χ3n) is 3.28. The molecule has 5 heteroatoms. The Morgan fingerprint density at radius 3 is 2.53 bits per heavy atom. The predicted molar refractivity (Wildman–Crippen MR) is 63.6 cm³/mol. The van der Waals surface area contributed by atoms with Crippen LogP contribution in [-0.4, -0.2) is 25.8 Å². The molecule has 2 rings (SSSR count). The second-order valence-electron chi connectivity index (χ2n) is 4.38. The fourth-order valence-electron chi connectivity index (χ4n) is 2.10. The molecular weight excluding hydrogens is 241 g/mol. The van der Waals surface area contributed by atoms with E-state index in [9.17, 15) is 12.8 Å². The number of benzene rings is 1. The van der Waals surface area contributed by atoms with Gasteiger partial charge in [0.05, 0.1) is 4.90 Å². The molecule has 1 heterocycles. The van der Waals surface area contributed by atoms with E-state index in [1.807, 2.05) is 0 Å². The molecule has 1 saturated heterocycles. The van der Waals surface area contributed by atoms with Crippen LogP contribution in [0.3, 0.4) is 0 Å². The largest absolute Gasteiger partial charge is 0.243 e. The molecule has 0 aromatic heterocycles. The molecule has 1 aliphatic rings. The first-order chi connectivity index (χ1) is 8.04. The molecule has 0 bridgehead atoms. The van der Waals surface area contributed by atoms with Crippen LogP contribution in [-0.2, 0) is 10.0 Å². The normalized spacial score (nSPS) is 21.9. The van der Waals surface area contributed by atoms with Gasteiger partial charge in [0.1, 0.15) is 5.82 Å². The molecule has 1 aromatic carbocycles. The van der Waals surface area contributed by atoms with Crippen LogP contribution in [0.15, 0.2) is 29.2 Å². The van der Waals surface area contributed by atoms with Crippen molar-refractivity contribution >= 4 is 10.0 Å². The van der Waals surface area contributed by atoms with E-state index in [4.69, 9.17) is 0 Å². The van der Waals surface area contributed by atoms with E-state index in [-0.39, 0.29) is 4.90 Å². The molecular formula is C12H16FNO2S. The third kappa shape index (κ3) is 2.50. The second kappa shape index (κ2) is 4.74. The van der Waals surface area contributed by atoms with E-state index in [1.54, 1.807) is 0 Å². The van der Waals surface area contributed by atoms with Crippen molar-refractivity contribution in [1.82, 2.24) is 4.31 Å². The van der Waals surface area contributed by atoms with Gasteiger partial charge in [-0.2, -0.15) is 4.31 Å². The Morgan fingerprint density at radius 1 is 1.35 bits per heavy atom. The maximum Gasteiger partial charge on any atom is 0.243 e. The number of halogens is 1. The number of hydrogen-bond donors (Lipinski definition) is 0. The van der Waals surface area contributed by atoms with Gasteiger partial charge >= 0.3 is 0 Å². The van der Waals surface area contributed by atoms with Gasteiger partial charge in [-0.3, -0.25) is 0 Å². The molecule has 17 heavy (non-hydrogen) atoms. The number of hydrogen-bond acceptors (Lipinski definition) is 2. The zero-order valence-electron chi connectivity index (χ0n) is 9.77. The molecule has 1 atom stereocenters. The van der Waals surface area contributed by atoms with Crippen molar-refractivity contribution < 1.29 is 12.8 Å². The van der Waals surface area contributed by atoms with Crippen molar-refractivity contribution in [3.8, 4) is 0 Å². The number of sulfonamides is 1. The smallest absolute Gasteiger partial charge is 0.207 e. The summed E-state index contributed by atoms with van der Waals surface area (Å²) < 4.78 is 38.7. The minimum atomic E-state index is -3.43. The molecule has 1 aromatic rings. The van der Waals surface area contributed by atoms with Gasteiger partial charge in [-0.1, -0.05) is 13.3 Å². The quantitative estimate of drug-likeness (QED) is 0.833. The van der Waals surface area contributed by atoms with Crippen molar-refractivity contribution in [2.45, 2.75) is 24.7 Å². The summed E-state index contributed by atoms with van der Waals surface area (Å²) in [6.07, 6.45) is 1.91. The molecule has 0 radical (unpaired) electrons. The van der Waals surface area contributed by atoms with Gasteiger partial charge < -0.3 is 0 Å². The van der Waals surface area contributed by atoms with E-state index < -0.39 is 15.8 Å². The van der Waals surface area contributed by atoms with Crippen molar-refractivity contribution in [2.75, 3.05) is 13.1 Å². The minimum Gasteiger partial charge on any atom is -0.207 e. The summed E-state index contributed by atoms with van der Waals surface area (Å²) in [5.74, 6) is 0.0297. The summed E-state index contributed by atoms with van der Waals surface area (Å²) in [6, 6.07) is 5.01. The number of nitrogens with zero attached hydrogens (tertiary/aromatic N) is 1. The lowest BCUT2D eigenvalue weighted by molar-refractivity contribution is 0.453. The summed E-state index contributed by atoms with van der Waals surface area (Å²) in [7, 11) is -3.43. The summed E-state index contributed by atoms with van der Waals surface area (Å²) >= 11 is 0. The van der Waals surface area contributed by atoms with Crippen LogP contribution >= 0.6 is 0 Å². The second-order valence-corrected chi connectivity index (χ2v) is 6.32. The molecule has 0 spiro atoms. The van der Waals surface area contributed by atoms with Crippen molar-refractivity contribution in [3.05, 3.63) is 30.1 Å². The van der Waals surface area contributed by atoms with Crippen LogP contribution < -0.4 is 0 Å². The Bertz CT molecular complexity index is 484. The average molecular weight is 257 g/mol. The first kappa shape index (κ1) is 12.5. The first-order valence-electron chi connectivity index (χ1n) is 5.79. The maximum atomic E-state index is 12.8. The van der Waals surface area contributed by atoms with Crippen LogP contribution in [0.4, 0.5) is 4.39 Å². The molecule has 1 aliphatic heterocycles. The number of rotatable bonds is 3. The molecule has 1 unspecified atom stereocenters. The lowest BCUT2D eigenvalue weighted by atomic mass is 10.1. The zero-order chi connectivity index (χ0) is 12.5. The lowest BCUT2D eigenvalue weighted by Crippen LogP contribution is -2.28. The van der Waals surface area contributed by atoms with Crippen LogP contribution in [0.5, 0.6) is 0 Å². The Morgan fingerprint density at radius 2 is 2.00 bits per heavy atom. The van der Waals surface area contributed by atoms with Crippen molar-refractivity contribution in [1.29, 1.82) is 0 Å². The van der Waals surface area contributed by atoms with E-state index >= 15 is 0 Å². The van der Waals surface area contributed by atoms with Gasteiger partial charge in [-0.25, -0.2) is 12.8 Å². The maximum absolute atomic E-state index is 12.8. The Labute approximate surface area is 101 Å². The molecule has 1 fully saturated rings. The lowest BCUT2D eigenvalue weighted by Gasteiger charge is -2.16. The van der Waals surface area contributed by atoms with Gasteiger partial charge in [0, 0.05) is 13.1 Å². The van der Waals surface area contributed by atoms with Crippen LogP contribution in [0.1, 0.15) is 19.8 Å². The predicted octanol–water partition coefficient (Wildman–Crippen LogP) is 2.25. The van der Waals surface area contributed by atoms with Crippen molar-refractivity contribution in [3.63, 3.8) is 0 Å². The SMILES string of the molecule is CCC1CCN(S(=O)(=O)c2ccc(F)cc2)C1. The van der Waals surface area contributed by atoms with Gasteiger partial charge in [-0.05, 0) is 36.6 Å². The molecule has 0 N–H and O–H groups in total. The standard InChI is InChI=1S/C12H16FNO2S/c1-2-10-7-8-14(9-10)17(15,16)12-5-3-11(13)4-6-12/h3-6,10H,2,7-9H2,1H3. The van der Waals surface area contributed by atoms with E-state index in [1.165, 1.54) is 28.6 Å². The van der Waals surface area contributed by atoms with Crippen LogP contribution in [0.25, 0.3) is 0 Å². The average Bonchev–Trinajstić information content (AvgIpc) is 2.78. The first-order valence-corrected chi connectivity index (χ1v) is 7.23.